The minimum Gasteiger partial charge on any atom is -0.367 e. The number of hydrogen-bond donors (Lipinski definition) is 1. The Morgan fingerprint density at radius 3 is 2.53 bits per heavy atom. The van der Waals surface area contributed by atoms with Gasteiger partial charge in [0.1, 0.15) is 16.8 Å². The zero-order chi connectivity index (χ0) is 12.8. The van der Waals surface area contributed by atoms with Crippen molar-refractivity contribution in [2.24, 2.45) is 5.92 Å². The minimum absolute atomic E-state index is 0.410. The zero-order valence-corrected chi connectivity index (χ0v) is 11.9. The van der Waals surface area contributed by atoms with E-state index in [1.54, 1.807) is 6.07 Å². The van der Waals surface area contributed by atoms with Crippen molar-refractivity contribution in [3.63, 3.8) is 0 Å². The van der Waals surface area contributed by atoms with Gasteiger partial charge in [-0.3, -0.25) is 0 Å². The number of nitrogens with one attached hydrogen (secondary N) is 1. The molecule has 1 N–H and O–H groups in total. The predicted octanol–water partition coefficient (Wildman–Crippen LogP) is 3.93. The Labute approximate surface area is 109 Å². The van der Waals surface area contributed by atoms with Gasteiger partial charge in [0.05, 0.1) is 0 Å². The standard InChI is InChI=1S/C13H22ClN3/c1-5-12-16-11(14)8-13(17-12)15-10(4)7-6-9(2)3/h8-10H,5-7H2,1-4H3,(H,15,16,17). The largest absolute Gasteiger partial charge is 0.367 e. The van der Waals surface area contributed by atoms with Crippen molar-refractivity contribution in [3.8, 4) is 0 Å². The van der Waals surface area contributed by atoms with E-state index in [9.17, 15) is 0 Å². The molecule has 1 unspecified atom stereocenters. The van der Waals surface area contributed by atoms with E-state index in [0.29, 0.717) is 11.2 Å². The molecule has 0 saturated heterocycles. The maximum Gasteiger partial charge on any atom is 0.134 e. The summed E-state index contributed by atoms with van der Waals surface area (Å²) in [5, 5.41) is 3.89. The van der Waals surface area contributed by atoms with Crippen LogP contribution in [-0.2, 0) is 6.42 Å². The smallest absolute Gasteiger partial charge is 0.134 e. The summed E-state index contributed by atoms with van der Waals surface area (Å²) in [5.41, 5.74) is 0. The van der Waals surface area contributed by atoms with Gasteiger partial charge < -0.3 is 5.32 Å². The average Bonchev–Trinajstić information content (AvgIpc) is 2.25. The molecule has 0 aliphatic carbocycles. The molecule has 1 aromatic heterocycles. The van der Waals surface area contributed by atoms with Crippen molar-refractivity contribution >= 4 is 17.4 Å². The van der Waals surface area contributed by atoms with Gasteiger partial charge in [-0.25, -0.2) is 9.97 Å². The number of halogens is 1. The molecular weight excluding hydrogens is 234 g/mol. The molecule has 0 aromatic carbocycles. The lowest BCUT2D eigenvalue weighted by molar-refractivity contribution is 0.527. The van der Waals surface area contributed by atoms with Crippen molar-refractivity contribution in [1.82, 2.24) is 9.97 Å². The Morgan fingerprint density at radius 2 is 1.94 bits per heavy atom. The van der Waals surface area contributed by atoms with Gasteiger partial charge in [0.25, 0.3) is 0 Å². The van der Waals surface area contributed by atoms with Crippen LogP contribution in [0.2, 0.25) is 5.15 Å². The summed E-state index contributed by atoms with van der Waals surface area (Å²) in [6, 6.07) is 2.19. The summed E-state index contributed by atoms with van der Waals surface area (Å²) in [5.74, 6) is 2.36. The van der Waals surface area contributed by atoms with E-state index in [4.69, 9.17) is 11.6 Å². The summed E-state index contributed by atoms with van der Waals surface area (Å²) in [4.78, 5) is 8.56. The van der Waals surface area contributed by atoms with Gasteiger partial charge in [-0.15, -0.1) is 0 Å². The first-order valence-electron chi connectivity index (χ1n) is 6.31. The lowest BCUT2D eigenvalue weighted by Crippen LogP contribution is -2.17. The van der Waals surface area contributed by atoms with Crippen LogP contribution in [0.1, 0.15) is 46.4 Å². The summed E-state index contributed by atoms with van der Waals surface area (Å²) < 4.78 is 0. The molecule has 0 aliphatic heterocycles. The highest BCUT2D eigenvalue weighted by Crippen LogP contribution is 2.15. The van der Waals surface area contributed by atoms with E-state index in [0.717, 1.165) is 30.4 Å². The normalized spacial score (nSPS) is 12.8. The van der Waals surface area contributed by atoms with Crippen LogP contribution in [0.4, 0.5) is 5.82 Å². The summed E-state index contributed by atoms with van der Waals surface area (Å²) in [6.45, 7) is 8.68. The fraction of sp³-hybridized carbons (Fsp3) is 0.692. The van der Waals surface area contributed by atoms with Crippen molar-refractivity contribution in [3.05, 3.63) is 17.0 Å². The van der Waals surface area contributed by atoms with Crippen LogP contribution in [0.25, 0.3) is 0 Å². The molecule has 0 aliphatic rings. The first-order chi connectivity index (χ1) is 8.01. The molecule has 0 saturated carbocycles. The third-order valence-electron chi connectivity index (χ3n) is 2.63. The highest BCUT2D eigenvalue weighted by Gasteiger charge is 2.07. The molecule has 1 atom stereocenters. The van der Waals surface area contributed by atoms with E-state index in [-0.39, 0.29) is 0 Å². The topological polar surface area (TPSA) is 37.8 Å². The summed E-state index contributed by atoms with van der Waals surface area (Å²) >= 11 is 5.95. The molecule has 17 heavy (non-hydrogen) atoms. The van der Waals surface area contributed by atoms with E-state index < -0.39 is 0 Å². The monoisotopic (exact) mass is 255 g/mol. The third-order valence-corrected chi connectivity index (χ3v) is 2.82. The second kappa shape index (κ2) is 6.80. The molecule has 96 valence electrons. The van der Waals surface area contributed by atoms with Crippen molar-refractivity contribution < 1.29 is 0 Å². The molecule has 0 spiro atoms. The van der Waals surface area contributed by atoms with Gasteiger partial charge in [0.2, 0.25) is 0 Å². The number of anilines is 1. The molecule has 4 heteroatoms. The Morgan fingerprint density at radius 1 is 1.24 bits per heavy atom. The Hall–Kier alpha value is -0.830. The summed E-state index contributed by atoms with van der Waals surface area (Å²) in [7, 11) is 0. The molecule has 0 amide bonds. The maximum absolute atomic E-state index is 5.95. The van der Waals surface area contributed by atoms with Crippen molar-refractivity contribution in [1.29, 1.82) is 0 Å². The third kappa shape index (κ3) is 5.35. The van der Waals surface area contributed by atoms with Crippen molar-refractivity contribution in [2.75, 3.05) is 5.32 Å². The van der Waals surface area contributed by atoms with Gasteiger partial charge in [0.15, 0.2) is 0 Å². The minimum atomic E-state index is 0.410. The molecule has 3 nitrogen and oxygen atoms in total. The van der Waals surface area contributed by atoms with Gasteiger partial charge in [-0.05, 0) is 25.7 Å². The highest BCUT2D eigenvalue weighted by atomic mass is 35.5. The number of hydrogen-bond acceptors (Lipinski definition) is 3. The van der Waals surface area contributed by atoms with E-state index >= 15 is 0 Å². The van der Waals surface area contributed by atoms with Crippen LogP contribution >= 0.6 is 11.6 Å². The fourth-order valence-electron chi connectivity index (χ4n) is 1.60. The number of nitrogens with zero attached hydrogens (tertiary/aromatic N) is 2. The second-order valence-corrected chi connectivity index (χ2v) is 5.25. The highest BCUT2D eigenvalue weighted by molar-refractivity contribution is 6.29. The predicted molar refractivity (Wildman–Crippen MR) is 73.6 cm³/mol. The van der Waals surface area contributed by atoms with E-state index in [2.05, 4.69) is 36.1 Å². The summed E-state index contributed by atoms with van der Waals surface area (Å²) in [6.07, 6.45) is 3.16. The first-order valence-corrected chi connectivity index (χ1v) is 6.69. The van der Waals surface area contributed by atoms with Crippen LogP contribution in [-0.4, -0.2) is 16.0 Å². The zero-order valence-electron chi connectivity index (χ0n) is 11.1. The lowest BCUT2D eigenvalue weighted by Gasteiger charge is -2.16. The molecule has 0 radical (unpaired) electrons. The van der Waals surface area contributed by atoms with Crippen molar-refractivity contribution in [2.45, 2.75) is 53.0 Å². The van der Waals surface area contributed by atoms with E-state index in [1.807, 2.05) is 6.92 Å². The second-order valence-electron chi connectivity index (χ2n) is 4.86. The van der Waals surface area contributed by atoms with Crippen LogP contribution in [0.5, 0.6) is 0 Å². The fourth-order valence-corrected chi connectivity index (χ4v) is 1.81. The molecule has 1 rings (SSSR count). The Balaban J connectivity index is 2.58. The van der Waals surface area contributed by atoms with Crippen LogP contribution in [0.3, 0.4) is 0 Å². The Bertz CT molecular complexity index is 353. The SMILES string of the molecule is CCc1nc(Cl)cc(NC(C)CCC(C)C)n1. The molecule has 0 bridgehead atoms. The van der Waals surface area contributed by atoms with Crippen LogP contribution < -0.4 is 5.32 Å². The number of aromatic nitrogens is 2. The van der Waals surface area contributed by atoms with Crippen LogP contribution in [0, 0.1) is 5.92 Å². The molecule has 1 heterocycles. The maximum atomic E-state index is 5.95. The number of aryl methyl sites for hydroxylation is 1. The number of rotatable bonds is 6. The quantitative estimate of drug-likeness (QED) is 0.783. The molecule has 1 aromatic rings. The van der Waals surface area contributed by atoms with Gasteiger partial charge in [-0.2, -0.15) is 0 Å². The van der Waals surface area contributed by atoms with Crippen LogP contribution in [0.15, 0.2) is 6.07 Å². The van der Waals surface area contributed by atoms with Gasteiger partial charge >= 0.3 is 0 Å². The average molecular weight is 256 g/mol. The van der Waals surface area contributed by atoms with Gasteiger partial charge in [-0.1, -0.05) is 32.4 Å². The lowest BCUT2D eigenvalue weighted by atomic mass is 10.0. The van der Waals surface area contributed by atoms with Gasteiger partial charge in [0, 0.05) is 18.5 Å². The molecular formula is C13H22ClN3. The first kappa shape index (κ1) is 14.2. The Kier molecular flexibility index (Phi) is 5.69. The van der Waals surface area contributed by atoms with E-state index in [1.165, 1.54) is 6.42 Å². The molecule has 0 fully saturated rings.